The van der Waals surface area contributed by atoms with E-state index in [1.54, 1.807) is 7.05 Å². The van der Waals surface area contributed by atoms with Crippen molar-refractivity contribution in [2.24, 2.45) is 0 Å². The van der Waals surface area contributed by atoms with Gasteiger partial charge in [0.25, 0.3) is 0 Å². The van der Waals surface area contributed by atoms with Crippen molar-refractivity contribution >= 4 is 32.4 Å². The Morgan fingerprint density at radius 2 is 2.19 bits per heavy atom. The number of rotatable bonds is 2. The number of thiazole rings is 1. The molecule has 80 valence electrons. The summed E-state index contributed by atoms with van der Waals surface area (Å²) < 4.78 is 0.944. The molecule has 0 aliphatic rings. The Bertz CT molecular complexity index is 557. The maximum Gasteiger partial charge on any atom is 0.184 e. The van der Waals surface area contributed by atoms with Crippen molar-refractivity contribution in [2.75, 3.05) is 12.4 Å². The van der Waals surface area contributed by atoms with Crippen LogP contribution in [0.15, 0.2) is 28.7 Å². The van der Waals surface area contributed by atoms with E-state index in [1.165, 1.54) is 11.3 Å². The monoisotopic (exact) mass is 293 g/mol. The number of anilines is 1. The Morgan fingerprint density at radius 1 is 1.44 bits per heavy atom. The van der Waals surface area contributed by atoms with E-state index in [2.05, 4.69) is 32.3 Å². The molecule has 0 aliphatic heterocycles. The van der Waals surface area contributed by atoms with Crippen LogP contribution in [0.5, 0.6) is 0 Å². The number of halogens is 1. The molecule has 1 aromatic carbocycles. The largest absolute Gasteiger partial charge is 0.365 e. The lowest BCUT2D eigenvalue weighted by molar-refractivity contribution is 1.35. The van der Waals surface area contributed by atoms with Crippen molar-refractivity contribution in [1.29, 1.82) is 5.26 Å². The van der Waals surface area contributed by atoms with E-state index in [9.17, 15) is 0 Å². The maximum atomic E-state index is 9.06. The second-order valence-corrected chi connectivity index (χ2v) is 4.89. The third-order valence-corrected chi connectivity index (χ3v) is 3.74. The fourth-order valence-corrected chi connectivity index (χ4v) is 2.54. The zero-order valence-electron chi connectivity index (χ0n) is 8.49. The third-order valence-electron chi connectivity index (χ3n) is 2.07. The van der Waals surface area contributed by atoms with Crippen LogP contribution < -0.4 is 5.32 Å². The van der Waals surface area contributed by atoms with Crippen molar-refractivity contribution in [2.45, 2.75) is 0 Å². The van der Waals surface area contributed by atoms with Gasteiger partial charge in [-0.15, -0.1) is 0 Å². The van der Waals surface area contributed by atoms with Gasteiger partial charge in [-0.3, -0.25) is 0 Å². The quantitative estimate of drug-likeness (QED) is 0.922. The average Bonchev–Trinajstić information content (AvgIpc) is 2.72. The molecule has 0 saturated heterocycles. The molecule has 0 bridgehead atoms. The van der Waals surface area contributed by atoms with Gasteiger partial charge in [0.15, 0.2) is 5.13 Å². The summed E-state index contributed by atoms with van der Waals surface area (Å²) >= 11 is 4.82. The smallest absolute Gasteiger partial charge is 0.184 e. The lowest BCUT2D eigenvalue weighted by atomic mass is 10.1. The van der Waals surface area contributed by atoms with E-state index >= 15 is 0 Å². The number of nitrogens with one attached hydrogen (secondary N) is 1. The molecule has 5 heteroatoms. The highest BCUT2D eigenvalue weighted by molar-refractivity contribution is 9.10. The Morgan fingerprint density at radius 3 is 2.81 bits per heavy atom. The fraction of sp³-hybridized carbons (Fsp3) is 0.0909. The summed E-state index contributed by atoms with van der Waals surface area (Å²) in [5.74, 6) is 0. The minimum Gasteiger partial charge on any atom is -0.365 e. The van der Waals surface area contributed by atoms with E-state index < -0.39 is 0 Å². The molecule has 0 aliphatic carbocycles. The SMILES string of the molecule is CNc1nc(-c2ccccc2Br)c(C#N)s1. The van der Waals surface area contributed by atoms with E-state index in [1.807, 2.05) is 24.3 Å². The van der Waals surface area contributed by atoms with Crippen molar-refractivity contribution in [3.63, 3.8) is 0 Å². The zero-order valence-corrected chi connectivity index (χ0v) is 10.9. The predicted molar refractivity (Wildman–Crippen MR) is 69.5 cm³/mol. The van der Waals surface area contributed by atoms with Crippen LogP contribution in [0, 0.1) is 11.3 Å². The molecule has 0 radical (unpaired) electrons. The van der Waals surface area contributed by atoms with Crippen LogP contribution in [0.2, 0.25) is 0 Å². The van der Waals surface area contributed by atoms with Gasteiger partial charge < -0.3 is 5.32 Å². The van der Waals surface area contributed by atoms with Crippen LogP contribution in [-0.2, 0) is 0 Å². The number of nitriles is 1. The van der Waals surface area contributed by atoms with Gasteiger partial charge in [0, 0.05) is 17.1 Å². The minimum absolute atomic E-state index is 0.622. The van der Waals surface area contributed by atoms with Crippen LogP contribution in [0.1, 0.15) is 4.88 Å². The van der Waals surface area contributed by atoms with Gasteiger partial charge in [0.05, 0.1) is 0 Å². The van der Waals surface area contributed by atoms with Crippen molar-refractivity contribution in [1.82, 2.24) is 4.98 Å². The van der Waals surface area contributed by atoms with Crippen LogP contribution >= 0.6 is 27.3 Å². The first kappa shape index (κ1) is 11.1. The standard InChI is InChI=1S/C11H8BrN3S/c1-14-11-15-10(9(6-13)16-11)7-4-2-3-5-8(7)12/h2-5H,1H3,(H,14,15). The lowest BCUT2D eigenvalue weighted by Gasteiger charge is -2.00. The van der Waals surface area contributed by atoms with Crippen LogP contribution in [0.25, 0.3) is 11.3 Å². The molecule has 3 nitrogen and oxygen atoms in total. The number of hydrogen-bond acceptors (Lipinski definition) is 4. The molecular formula is C11H8BrN3S. The summed E-state index contributed by atoms with van der Waals surface area (Å²) in [5.41, 5.74) is 1.67. The summed E-state index contributed by atoms with van der Waals surface area (Å²) in [7, 11) is 1.80. The molecule has 16 heavy (non-hydrogen) atoms. The van der Waals surface area contributed by atoms with E-state index in [4.69, 9.17) is 5.26 Å². The summed E-state index contributed by atoms with van der Waals surface area (Å²) in [6.45, 7) is 0. The summed E-state index contributed by atoms with van der Waals surface area (Å²) in [4.78, 5) is 5.01. The third kappa shape index (κ3) is 1.94. The van der Waals surface area contributed by atoms with Crippen LogP contribution in [0.4, 0.5) is 5.13 Å². The van der Waals surface area contributed by atoms with Crippen LogP contribution in [-0.4, -0.2) is 12.0 Å². The predicted octanol–water partition coefficient (Wildman–Crippen LogP) is 3.49. The molecule has 1 heterocycles. The highest BCUT2D eigenvalue weighted by Gasteiger charge is 2.13. The second kappa shape index (κ2) is 4.64. The molecule has 0 fully saturated rings. The van der Waals surface area contributed by atoms with E-state index in [0.717, 1.165) is 20.9 Å². The van der Waals surface area contributed by atoms with Crippen molar-refractivity contribution in [3.8, 4) is 17.3 Å². The van der Waals surface area contributed by atoms with Gasteiger partial charge in [0.1, 0.15) is 16.6 Å². The first-order valence-corrected chi connectivity index (χ1v) is 6.20. The van der Waals surface area contributed by atoms with E-state index in [0.29, 0.717) is 4.88 Å². The Hall–Kier alpha value is -1.38. The Labute approximate surface area is 106 Å². The topological polar surface area (TPSA) is 48.7 Å². The zero-order chi connectivity index (χ0) is 11.5. The molecule has 0 saturated carbocycles. The molecule has 1 aromatic heterocycles. The van der Waals surface area contributed by atoms with Crippen molar-refractivity contribution in [3.05, 3.63) is 33.6 Å². The number of aromatic nitrogens is 1. The Balaban J connectivity index is 2.60. The molecule has 0 atom stereocenters. The average molecular weight is 294 g/mol. The van der Waals surface area contributed by atoms with Crippen molar-refractivity contribution < 1.29 is 0 Å². The first-order chi connectivity index (χ1) is 7.76. The fourth-order valence-electron chi connectivity index (χ4n) is 1.34. The summed E-state index contributed by atoms with van der Waals surface area (Å²) in [6.07, 6.45) is 0. The minimum atomic E-state index is 0.622. The molecule has 0 spiro atoms. The number of hydrogen-bond donors (Lipinski definition) is 1. The van der Waals surface area contributed by atoms with Gasteiger partial charge in [-0.2, -0.15) is 5.26 Å². The first-order valence-electron chi connectivity index (χ1n) is 4.60. The van der Waals surface area contributed by atoms with E-state index in [-0.39, 0.29) is 0 Å². The molecule has 2 rings (SSSR count). The molecule has 1 N–H and O–H groups in total. The summed E-state index contributed by atoms with van der Waals surface area (Å²) in [5, 5.41) is 12.8. The molecular weight excluding hydrogens is 286 g/mol. The molecule has 0 amide bonds. The highest BCUT2D eigenvalue weighted by Crippen LogP contribution is 2.34. The van der Waals surface area contributed by atoms with Gasteiger partial charge in [0.2, 0.25) is 0 Å². The highest BCUT2D eigenvalue weighted by atomic mass is 79.9. The summed E-state index contributed by atoms with van der Waals surface area (Å²) in [6, 6.07) is 9.92. The maximum absolute atomic E-state index is 9.06. The normalized spacial score (nSPS) is 9.81. The van der Waals surface area contributed by atoms with Gasteiger partial charge in [-0.25, -0.2) is 4.98 Å². The lowest BCUT2D eigenvalue weighted by Crippen LogP contribution is -1.87. The second-order valence-electron chi connectivity index (χ2n) is 3.04. The van der Waals surface area contributed by atoms with Gasteiger partial charge >= 0.3 is 0 Å². The molecule has 0 unspecified atom stereocenters. The van der Waals surface area contributed by atoms with Gasteiger partial charge in [-0.1, -0.05) is 45.5 Å². The van der Waals surface area contributed by atoms with Crippen LogP contribution in [0.3, 0.4) is 0 Å². The number of nitrogens with zero attached hydrogens (tertiary/aromatic N) is 2. The molecule has 2 aromatic rings. The Kier molecular flexibility index (Phi) is 3.22. The number of benzene rings is 1. The van der Waals surface area contributed by atoms with Gasteiger partial charge in [-0.05, 0) is 6.07 Å².